The van der Waals surface area contributed by atoms with Crippen LogP contribution in [-0.2, 0) is 17.4 Å². The Morgan fingerprint density at radius 1 is 1.41 bits per heavy atom. The van der Waals surface area contributed by atoms with Crippen LogP contribution in [0.2, 0.25) is 0 Å². The van der Waals surface area contributed by atoms with Gasteiger partial charge in [-0.05, 0) is 38.9 Å². The van der Waals surface area contributed by atoms with Crippen LogP contribution in [0, 0.1) is 0 Å². The van der Waals surface area contributed by atoms with Crippen LogP contribution in [0.3, 0.4) is 0 Å². The lowest BCUT2D eigenvalue weighted by molar-refractivity contribution is -0.132. The molecule has 1 fully saturated rings. The van der Waals surface area contributed by atoms with Gasteiger partial charge in [0.05, 0.1) is 12.2 Å². The van der Waals surface area contributed by atoms with Gasteiger partial charge in [0.2, 0.25) is 5.91 Å². The Morgan fingerprint density at radius 3 is 2.77 bits per heavy atom. The van der Waals surface area contributed by atoms with Gasteiger partial charge in [-0.3, -0.25) is 14.2 Å². The molecule has 2 aromatic heterocycles. The number of nitrogens with one attached hydrogen (secondary N) is 2. The second-order valence-electron chi connectivity index (χ2n) is 5.87. The zero-order valence-corrected chi connectivity index (χ0v) is 13.0. The Kier molecular flexibility index (Phi) is 3.98. The number of hydrogen-bond donors (Lipinski definition) is 2. The van der Waals surface area contributed by atoms with E-state index in [0.717, 1.165) is 31.5 Å². The van der Waals surface area contributed by atoms with E-state index in [0.29, 0.717) is 0 Å². The van der Waals surface area contributed by atoms with Crippen LogP contribution in [0.1, 0.15) is 31.4 Å². The van der Waals surface area contributed by atoms with Crippen LogP contribution >= 0.6 is 0 Å². The minimum atomic E-state index is -0.606. The molecule has 1 unspecified atom stereocenters. The van der Waals surface area contributed by atoms with Gasteiger partial charge in [-0.2, -0.15) is 10.2 Å². The van der Waals surface area contributed by atoms with E-state index in [1.165, 1.54) is 0 Å². The summed E-state index contributed by atoms with van der Waals surface area (Å²) in [4.78, 5) is 13.0. The molecule has 0 aliphatic carbocycles. The summed E-state index contributed by atoms with van der Waals surface area (Å²) in [5, 5.41) is 14.9. The van der Waals surface area contributed by atoms with Crippen molar-refractivity contribution in [2.45, 2.75) is 31.3 Å². The Morgan fingerprint density at radius 2 is 2.18 bits per heavy atom. The molecule has 1 amide bonds. The lowest BCUT2D eigenvalue weighted by atomic mass is 9.87. The van der Waals surface area contributed by atoms with E-state index in [4.69, 9.17) is 0 Å². The number of rotatable bonds is 4. The first-order valence-corrected chi connectivity index (χ1v) is 7.62. The van der Waals surface area contributed by atoms with E-state index in [1.54, 1.807) is 21.8 Å². The fourth-order valence-corrected chi connectivity index (χ4v) is 3.00. The first-order chi connectivity index (χ1) is 10.6. The molecular weight excluding hydrogens is 280 g/mol. The molecular formula is C15H22N6O. The van der Waals surface area contributed by atoms with Gasteiger partial charge in [-0.1, -0.05) is 0 Å². The SMILES string of the molecule is CC(NC(=O)C1(n2cccn2)CCNCC1)c1cnn(C)c1. The number of aryl methyl sites for hydroxylation is 1. The van der Waals surface area contributed by atoms with Crippen molar-refractivity contribution in [2.75, 3.05) is 13.1 Å². The maximum absolute atomic E-state index is 13.0. The van der Waals surface area contributed by atoms with Gasteiger partial charge < -0.3 is 10.6 Å². The predicted molar refractivity (Wildman–Crippen MR) is 82.1 cm³/mol. The lowest BCUT2D eigenvalue weighted by Gasteiger charge is -2.37. The summed E-state index contributed by atoms with van der Waals surface area (Å²) in [6.07, 6.45) is 8.78. The molecule has 1 atom stereocenters. The highest BCUT2D eigenvalue weighted by atomic mass is 16.2. The van der Waals surface area contributed by atoms with Crippen LogP contribution < -0.4 is 10.6 Å². The molecule has 0 aromatic carbocycles. The first-order valence-electron chi connectivity index (χ1n) is 7.62. The average molecular weight is 302 g/mol. The molecule has 118 valence electrons. The highest BCUT2D eigenvalue weighted by Gasteiger charge is 2.42. The summed E-state index contributed by atoms with van der Waals surface area (Å²) in [5.41, 5.74) is 0.394. The zero-order valence-electron chi connectivity index (χ0n) is 13.0. The maximum Gasteiger partial charge on any atom is 0.248 e. The number of amides is 1. The van der Waals surface area contributed by atoms with Crippen LogP contribution in [0.25, 0.3) is 0 Å². The molecule has 22 heavy (non-hydrogen) atoms. The lowest BCUT2D eigenvalue weighted by Crippen LogP contribution is -2.54. The van der Waals surface area contributed by atoms with Crippen LogP contribution in [0.4, 0.5) is 0 Å². The largest absolute Gasteiger partial charge is 0.347 e. The Balaban J connectivity index is 1.81. The van der Waals surface area contributed by atoms with E-state index in [-0.39, 0.29) is 11.9 Å². The molecule has 0 bridgehead atoms. The van der Waals surface area contributed by atoms with Gasteiger partial charge in [0.25, 0.3) is 0 Å². The molecule has 0 radical (unpaired) electrons. The minimum Gasteiger partial charge on any atom is -0.347 e. The van der Waals surface area contributed by atoms with Crippen molar-refractivity contribution < 1.29 is 4.79 Å². The van der Waals surface area contributed by atoms with Crippen molar-refractivity contribution >= 4 is 5.91 Å². The van der Waals surface area contributed by atoms with Crippen molar-refractivity contribution in [1.29, 1.82) is 0 Å². The Labute approximate surface area is 129 Å². The summed E-state index contributed by atoms with van der Waals surface area (Å²) in [6, 6.07) is 1.78. The highest BCUT2D eigenvalue weighted by Crippen LogP contribution is 2.28. The van der Waals surface area contributed by atoms with Gasteiger partial charge in [0.15, 0.2) is 0 Å². The summed E-state index contributed by atoms with van der Waals surface area (Å²) >= 11 is 0. The van der Waals surface area contributed by atoms with Gasteiger partial charge in [0, 0.05) is 31.2 Å². The number of piperidine rings is 1. The summed E-state index contributed by atoms with van der Waals surface area (Å²) in [5.74, 6) is 0.0223. The fourth-order valence-electron chi connectivity index (χ4n) is 3.00. The van der Waals surface area contributed by atoms with Gasteiger partial charge in [0.1, 0.15) is 5.54 Å². The standard InChI is InChI=1S/C15H22N6O/c1-12(13-10-18-20(2)11-13)19-14(22)15(4-7-16-8-5-15)21-9-3-6-17-21/h3,6,9-12,16H,4-5,7-8H2,1-2H3,(H,19,22). The predicted octanol–water partition coefficient (Wildman–Crippen LogP) is 0.573. The van der Waals surface area contributed by atoms with E-state index >= 15 is 0 Å². The van der Waals surface area contributed by atoms with Crippen molar-refractivity contribution in [3.05, 3.63) is 36.4 Å². The van der Waals surface area contributed by atoms with Crippen LogP contribution in [-0.4, -0.2) is 38.6 Å². The third kappa shape index (κ3) is 2.64. The Bertz CT molecular complexity index is 626. The van der Waals surface area contributed by atoms with E-state index in [9.17, 15) is 4.79 Å². The molecule has 7 nitrogen and oxygen atoms in total. The molecule has 3 rings (SSSR count). The number of nitrogens with zero attached hydrogens (tertiary/aromatic N) is 4. The first kappa shape index (κ1) is 14.8. The minimum absolute atomic E-state index is 0.0223. The Hall–Kier alpha value is -2.15. The smallest absolute Gasteiger partial charge is 0.248 e. The second-order valence-corrected chi connectivity index (χ2v) is 5.87. The van der Waals surface area contributed by atoms with E-state index in [1.807, 2.05) is 32.4 Å². The van der Waals surface area contributed by atoms with E-state index in [2.05, 4.69) is 20.8 Å². The molecule has 2 aromatic rings. The molecule has 0 spiro atoms. The van der Waals surface area contributed by atoms with E-state index < -0.39 is 5.54 Å². The summed E-state index contributed by atoms with van der Waals surface area (Å²) in [6.45, 7) is 3.61. The van der Waals surface area contributed by atoms with Gasteiger partial charge in [-0.15, -0.1) is 0 Å². The summed E-state index contributed by atoms with van der Waals surface area (Å²) < 4.78 is 3.55. The second kappa shape index (κ2) is 5.92. The van der Waals surface area contributed by atoms with Crippen molar-refractivity contribution in [3.8, 4) is 0 Å². The molecule has 2 N–H and O–H groups in total. The van der Waals surface area contributed by atoms with Crippen LogP contribution in [0.5, 0.6) is 0 Å². The van der Waals surface area contributed by atoms with Gasteiger partial charge in [-0.25, -0.2) is 0 Å². The van der Waals surface area contributed by atoms with Gasteiger partial charge >= 0.3 is 0 Å². The molecule has 1 saturated heterocycles. The topological polar surface area (TPSA) is 76.8 Å². The van der Waals surface area contributed by atoms with Crippen molar-refractivity contribution in [1.82, 2.24) is 30.2 Å². The quantitative estimate of drug-likeness (QED) is 0.866. The molecule has 1 aliphatic heterocycles. The van der Waals surface area contributed by atoms with Crippen LogP contribution in [0.15, 0.2) is 30.9 Å². The third-order valence-electron chi connectivity index (χ3n) is 4.37. The average Bonchev–Trinajstić information content (AvgIpc) is 3.19. The number of aromatic nitrogens is 4. The number of carbonyl (C=O) groups excluding carboxylic acids is 1. The molecule has 1 aliphatic rings. The maximum atomic E-state index is 13.0. The monoisotopic (exact) mass is 302 g/mol. The normalized spacial score (nSPS) is 18.8. The highest BCUT2D eigenvalue weighted by molar-refractivity contribution is 5.85. The molecule has 0 saturated carbocycles. The number of carbonyl (C=O) groups is 1. The third-order valence-corrected chi connectivity index (χ3v) is 4.37. The van der Waals surface area contributed by atoms with Crippen molar-refractivity contribution in [3.63, 3.8) is 0 Å². The fraction of sp³-hybridized carbons (Fsp3) is 0.533. The van der Waals surface area contributed by atoms with Crippen molar-refractivity contribution in [2.24, 2.45) is 7.05 Å². The number of hydrogen-bond acceptors (Lipinski definition) is 4. The summed E-state index contributed by atoms with van der Waals surface area (Å²) in [7, 11) is 1.87. The molecule has 7 heteroatoms. The zero-order chi connectivity index (χ0) is 15.6. The molecule has 3 heterocycles.